The topological polar surface area (TPSA) is 51.2 Å². The number of carbonyl (C=O) groups is 1. The number of ether oxygens (including phenoxy) is 1. The summed E-state index contributed by atoms with van der Waals surface area (Å²) < 4.78 is 5.32. The number of nitrogens with one attached hydrogen (secondary N) is 1. The number of hydrogen-bond donors (Lipinski definition) is 1. The summed E-state index contributed by atoms with van der Waals surface area (Å²) in [5.74, 6) is 0.660. The lowest BCUT2D eigenvalue weighted by Crippen LogP contribution is -2.37. The molecule has 0 bridgehead atoms. The molecule has 4 nitrogen and oxygen atoms in total. The first kappa shape index (κ1) is 17.2. The van der Waals surface area contributed by atoms with E-state index in [1.807, 2.05) is 26.2 Å². The molecule has 2 atom stereocenters. The van der Waals surface area contributed by atoms with Gasteiger partial charge in [-0.1, -0.05) is 20.3 Å². The molecule has 1 rings (SSSR count). The van der Waals surface area contributed by atoms with Crippen molar-refractivity contribution in [1.82, 2.24) is 10.3 Å². The number of alkyl halides is 1. The smallest absolute Gasteiger partial charge is 0.408 e. The fourth-order valence-corrected chi connectivity index (χ4v) is 2.87. The third-order valence-electron chi connectivity index (χ3n) is 2.86. The zero-order chi connectivity index (χ0) is 15.3. The van der Waals surface area contributed by atoms with E-state index in [0.717, 1.165) is 17.1 Å². The highest BCUT2D eigenvalue weighted by molar-refractivity contribution is 7.09. The summed E-state index contributed by atoms with van der Waals surface area (Å²) in [6.45, 7) is 9.72. The lowest BCUT2D eigenvalue weighted by Gasteiger charge is -2.25. The highest BCUT2D eigenvalue weighted by atomic mass is 35.5. The van der Waals surface area contributed by atoms with Crippen molar-refractivity contribution in [3.63, 3.8) is 0 Å². The van der Waals surface area contributed by atoms with Crippen LogP contribution in [0.4, 0.5) is 4.79 Å². The quantitative estimate of drug-likeness (QED) is 0.813. The third-order valence-corrected chi connectivity index (χ3v) is 4.11. The van der Waals surface area contributed by atoms with Gasteiger partial charge >= 0.3 is 6.09 Å². The number of hydrogen-bond acceptors (Lipinski definition) is 4. The number of thiazole rings is 1. The summed E-state index contributed by atoms with van der Waals surface area (Å²) in [5.41, 5.74) is 0.333. The molecule has 0 fully saturated rings. The van der Waals surface area contributed by atoms with Crippen LogP contribution in [0.3, 0.4) is 0 Å². The number of aromatic nitrogens is 1. The molecule has 20 heavy (non-hydrogen) atoms. The van der Waals surface area contributed by atoms with Gasteiger partial charge in [0, 0.05) is 5.38 Å². The van der Waals surface area contributed by atoms with Gasteiger partial charge in [0.15, 0.2) is 0 Å². The van der Waals surface area contributed by atoms with Gasteiger partial charge in [-0.05, 0) is 26.7 Å². The number of nitrogens with zero attached hydrogens (tertiary/aromatic N) is 1. The molecule has 1 aromatic rings. The molecule has 1 aromatic heterocycles. The van der Waals surface area contributed by atoms with Gasteiger partial charge in [0.05, 0.1) is 17.6 Å². The van der Waals surface area contributed by atoms with E-state index in [-0.39, 0.29) is 12.0 Å². The van der Waals surface area contributed by atoms with Crippen LogP contribution in [-0.4, -0.2) is 16.7 Å². The van der Waals surface area contributed by atoms with Crippen molar-refractivity contribution in [2.75, 3.05) is 0 Å². The highest BCUT2D eigenvalue weighted by Gasteiger charge is 2.26. The van der Waals surface area contributed by atoms with Crippen molar-refractivity contribution in [3.8, 4) is 0 Å². The van der Waals surface area contributed by atoms with Crippen LogP contribution in [0.25, 0.3) is 0 Å². The molecule has 0 aliphatic rings. The van der Waals surface area contributed by atoms with E-state index >= 15 is 0 Å². The molecule has 0 spiro atoms. The molecule has 0 radical (unpaired) electrons. The molecular weight excluding hydrogens is 296 g/mol. The van der Waals surface area contributed by atoms with E-state index < -0.39 is 11.7 Å². The lowest BCUT2D eigenvalue weighted by molar-refractivity contribution is 0.0486. The Morgan fingerprint density at radius 1 is 1.55 bits per heavy atom. The Labute approximate surface area is 129 Å². The molecule has 0 saturated carbocycles. The largest absolute Gasteiger partial charge is 0.444 e. The van der Waals surface area contributed by atoms with Crippen molar-refractivity contribution in [3.05, 3.63) is 16.1 Å². The van der Waals surface area contributed by atoms with Gasteiger partial charge in [0.25, 0.3) is 0 Å². The van der Waals surface area contributed by atoms with Crippen LogP contribution in [0.5, 0.6) is 0 Å². The van der Waals surface area contributed by atoms with Crippen LogP contribution in [0, 0.1) is 5.92 Å². The molecule has 1 N–H and O–H groups in total. The van der Waals surface area contributed by atoms with Crippen LogP contribution in [0.1, 0.15) is 57.8 Å². The van der Waals surface area contributed by atoms with E-state index in [4.69, 9.17) is 16.3 Å². The van der Waals surface area contributed by atoms with Crippen molar-refractivity contribution in [2.45, 2.75) is 58.6 Å². The van der Waals surface area contributed by atoms with Crippen molar-refractivity contribution in [1.29, 1.82) is 0 Å². The summed E-state index contributed by atoms with van der Waals surface area (Å²) in [5, 5.41) is 5.72. The fraction of sp³-hybridized carbons (Fsp3) is 0.714. The molecule has 0 saturated heterocycles. The van der Waals surface area contributed by atoms with Gasteiger partial charge in [-0.25, -0.2) is 9.78 Å². The SMILES string of the molecule is CC[C@H](C)[C@@H](NC(=O)OC(C)(C)C)c1nc(CCl)cs1. The molecule has 114 valence electrons. The molecule has 1 amide bonds. The Bertz CT molecular complexity index is 443. The summed E-state index contributed by atoms with van der Waals surface area (Å²) in [4.78, 5) is 16.4. The first-order chi connectivity index (χ1) is 9.26. The van der Waals surface area contributed by atoms with Gasteiger partial charge in [0.1, 0.15) is 10.6 Å². The van der Waals surface area contributed by atoms with Gasteiger partial charge in [0.2, 0.25) is 0 Å². The van der Waals surface area contributed by atoms with Gasteiger partial charge in [-0.15, -0.1) is 22.9 Å². The molecule has 0 aliphatic heterocycles. The van der Waals surface area contributed by atoms with Crippen LogP contribution in [-0.2, 0) is 10.6 Å². The molecule has 1 heterocycles. The van der Waals surface area contributed by atoms with E-state index in [2.05, 4.69) is 24.1 Å². The second kappa shape index (κ2) is 7.27. The standard InChI is InChI=1S/C14H23ClN2O2S/c1-6-9(2)11(12-16-10(7-15)8-20-12)17-13(18)19-14(3,4)5/h8-9,11H,6-7H2,1-5H3,(H,17,18)/t9-,11+/m0/s1. The molecular formula is C14H23ClN2O2S. The van der Waals surface area contributed by atoms with Crippen LogP contribution < -0.4 is 5.32 Å². The Morgan fingerprint density at radius 3 is 2.65 bits per heavy atom. The predicted molar refractivity (Wildman–Crippen MR) is 83.2 cm³/mol. The van der Waals surface area contributed by atoms with E-state index in [9.17, 15) is 4.79 Å². The first-order valence-corrected chi connectivity index (χ1v) is 8.18. The van der Waals surface area contributed by atoms with E-state index in [0.29, 0.717) is 5.88 Å². The zero-order valence-corrected chi connectivity index (χ0v) is 14.3. The Hall–Kier alpha value is -0.810. The highest BCUT2D eigenvalue weighted by Crippen LogP contribution is 2.28. The fourth-order valence-electron chi connectivity index (χ4n) is 1.64. The van der Waals surface area contributed by atoms with Gasteiger partial charge in [-0.2, -0.15) is 0 Å². The first-order valence-electron chi connectivity index (χ1n) is 6.76. The lowest BCUT2D eigenvalue weighted by atomic mass is 10.00. The summed E-state index contributed by atoms with van der Waals surface area (Å²) in [6.07, 6.45) is 0.529. The minimum absolute atomic E-state index is 0.142. The Morgan fingerprint density at radius 2 is 2.20 bits per heavy atom. The van der Waals surface area contributed by atoms with Gasteiger partial charge < -0.3 is 10.1 Å². The number of alkyl carbamates (subject to hydrolysis) is 1. The van der Waals surface area contributed by atoms with Gasteiger partial charge in [-0.3, -0.25) is 0 Å². The maximum atomic E-state index is 12.0. The monoisotopic (exact) mass is 318 g/mol. The number of amides is 1. The van der Waals surface area contributed by atoms with Crippen LogP contribution in [0.2, 0.25) is 0 Å². The Balaban J connectivity index is 2.82. The summed E-state index contributed by atoms with van der Waals surface area (Å²) in [6, 6.07) is -0.142. The zero-order valence-electron chi connectivity index (χ0n) is 12.7. The summed E-state index contributed by atoms with van der Waals surface area (Å²) in [7, 11) is 0. The van der Waals surface area contributed by atoms with E-state index in [1.165, 1.54) is 11.3 Å². The van der Waals surface area contributed by atoms with Crippen molar-refractivity contribution >= 4 is 29.0 Å². The maximum Gasteiger partial charge on any atom is 0.408 e. The molecule has 0 aromatic carbocycles. The molecule has 6 heteroatoms. The minimum Gasteiger partial charge on any atom is -0.444 e. The number of halogens is 1. The van der Waals surface area contributed by atoms with Crippen molar-refractivity contribution < 1.29 is 9.53 Å². The average molecular weight is 319 g/mol. The molecule has 0 aliphatic carbocycles. The number of carbonyl (C=O) groups excluding carboxylic acids is 1. The third kappa shape index (κ3) is 5.29. The molecule has 0 unspecified atom stereocenters. The summed E-state index contributed by atoms with van der Waals surface area (Å²) >= 11 is 7.30. The van der Waals surface area contributed by atoms with Crippen LogP contribution in [0.15, 0.2) is 5.38 Å². The second-order valence-electron chi connectivity index (χ2n) is 5.82. The number of rotatable bonds is 5. The average Bonchev–Trinajstić information content (AvgIpc) is 2.81. The second-order valence-corrected chi connectivity index (χ2v) is 6.98. The predicted octanol–water partition coefficient (Wildman–Crippen LogP) is 4.49. The van der Waals surface area contributed by atoms with E-state index in [1.54, 1.807) is 0 Å². The Kier molecular flexibility index (Phi) is 6.27. The van der Waals surface area contributed by atoms with Crippen LogP contribution >= 0.6 is 22.9 Å². The minimum atomic E-state index is -0.506. The maximum absolute atomic E-state index is 12.0. The van der Waals surface area contributed by atoms with Crippen molar-refractivity contribution in [2.24, 2.45) is 5.92 Å². The normalized spacial score (nSPS) is 14.7.